The Morgan fingerprint density at radius 1 is 0.675 bits per heavy atom. The van der Waals surface area contributed by atoms with Crippen molar-refractivity contribution in [1.82, 2.24) is 10.6 Å². The van der Waals surface area contributed by atoms with E-state index in [2.05, 4.69) is 64.5 Å². The lowest BCUT2D eigenvalue weighted by Gasteiger charge is -2.28. The topological polar surface area (TPSA) is 53.2 Å². The van der Waals surface area contributed by atoms with Gasteiger partial charge >= 0.3 is 6.03 Å². The van der Waals surface area contributed by atoms with Gasteiger partial charge in [0, 0.05) is 30.2 Å². The maximum absolute atomic E-state index is 12.7. The lowest BCUT2D eigenvalue weighted by atomic mass is 9.79. The molecule has 2 atom stereocenters. The third-order valence-corrected chi connectivity index (χ3v) is 9.68. The van der Waals surface area contributed by atoms with Crippen LogP contribution in [0, 0.1) is 0 Å². The van der Waals surface area contributed by atoms with Crippen molar-refractivity contribution in [2.24, 2.45) is 0 Å². The number of carbonyl (C=O) groups is 1. The van der Waals surface area contributed by atoms with Gasteiger partial charge in [-0.05, 0) is 78.3 Å². The number of carbonyl (C=O) groups excluding carboxylic acids is 1. The molecule has 4 heteroatoms. The van der Waals surface area contributed by atoms with Crippen LogP contribution in [-0.2, 0) is 0 Å². The van der Waals surface area contributed by atoms with Crippen LogP contribution in [0.5, 0.6) is 0 Å². The van der Waals surface area contributed by atoms with Gasteiger partial charge < -0.3 is 16.0 Å². The van der Waals surface area contributed by atoms with Crippen LogP contribution in [0.1, 0.15) is 111 Å². The van der Waals surface area contributed by atoms with Crippen molar-refractivity contribution in [3.63, 3.8) is 0 Å². The van der Waals surface area contributed by atoms with E-state index in [1.165, 1.54) is 86.5 Å². The van der Waals surface area contributed by atoms with Crippen molar-refractivity contribution in [2.75, 3.05) is 11.9 Å². The molecule has 3 fully saturated rings. The number of amides is 2. The summed E-state index contributed by atoms with van der Waals surface area (Å²) in [5.74, 6) is 1.69. The van der Waals surface area contributed by atoms with E-state index in [0.29, 0.717) is 0 Å². The number of hydrogen-bond acceptors (Lipinski definition) is 2. The van der Waals surface area contributed by atoms with Crippen molar-refractivity contribution < 1.29 is 4.79 Å². The van der Waals surface area contributed by atoms with Crippen LogP contribution in [0.2, 0.25) is 0 Å². The SMILES string of the molecule is O=C(Nc1ccccc1)NC1CNC(C(c2ccc(C3CCCCC3)cc2)c2ccc(C3CCCCC3)cc2)C1. The molecule has 40 heavy (non-hydrogen) atoms. The zero-order chi connectivity index (χ0) is 27.1. The third kappa shape index (κ3) is 6.61. The molecule has 1 saturated heterocycles. The maximum atomic E-state index is 12.7. The van der Waals surface area contributed by atoms with Gasteiger partial charge in [-0.3, -0.25) is 0 Å². The van der Waals surface area contributed by atoms with Gasteiger partial charge in [-0.2, -0.15) is 0 Å². The highest BCUT2D eigenvalue weighted by Crippen LogP contribution is 2.38. The molecule has 2 saturated carbocycles. The van der Waals surface area contributed by atoms with E-state index in [9.17, 15) is 4.79 Å². The molecule has 2 aliphatic carbocycles. The summed E-state index contributed by atoms with van der Waals surface area (Å²) in [6.07, 6.45) is 14.4. The Morgan fingerprint density at radius 3 is 1.73 bits per heavy atom. The summed E-state index contributed by atoms with van der Waals surface area (Å²) in [6, 6.07) is 29.0. The quantitative estimate of drug-likeness (QED) is 0.284. The van der Waals surface area contributed by atoms with Crippen molar-refractivity contribution in [2.45, 2.75) is 100 Å². The van der Waals surface area contributed by atoms with Gasteiger partial charge in [0.05, 0.1) is 0 Å². The molecule has 1 aliphatic heterocycles. The van der Waals surface area contributed by atoms with Gasteiger partial charge in [0.15, 0.2) is 0 Å². The van der Waals surface area contributed by atoms with Crippen LogP contribution in [0.25, 0.3) is 0 Å². The largest absolute Gasteiger partial charge is 0.334 e. The molecule has 0 spiro atoms. The van der Waals surface area contributed by atoms with Gasteiger partial charge in [0.25, 0.3) is 0 Å². The molecule has 1 heterocycles. The van der Waals surface area contributed by atoms with E-state index >= 15 is 0 Å². The standard InChI is InChI=1S/C36H45N3O/c40-36(38-32-14-8-3-9-15-32)39-33-24-34(37-25-33)35(30-20-16-28(17-21-30)26-10-4-1-5-11-26)31-22-18-29(19-23-31)27-12-6-2-7-13-27/h3,8-9,14-23,26-27,33-35,37H,1-2,4-7,10-13,24-25H2,(H2,38,39,40). The molecule has 3 aromatic rings. The lowest BCUT2D eigenvalue weighted by Crippen LogP contribution is -2.39. The van der Waals surface area contributed by atoms with Crippen LogP contribution in [-0.4, -0.2) is 24.7 Å². The first-order chi connectivity index (χ1) is 19.7. The fourth-order valence-electron chi connectivity index (χ4n) is 7.48. The Labute approximate surface area is 240 Å². The second-order valence-electron chi connectivity index (χ2n) is 12.4. The van der Waals surface area contributed by atoms with Gasteiger partial charge in [0.2, 0.25) is 0 Å². The molecule has 0 aromatic heterocycles. The zero-order valence-electron chi connectivity index (χ0n) is 23.8. The Morgan fingerprint density at radius 2 is 1.20 bits per heavy atom. The average Bonchev–Trinajstić information content (AvgIpc) is 3.47. The number of urea groups is 1. The molecule has 0 bridgehead atoms. The van der Waals surface area contributed by atoms with Crippen LogP contribution in [0.3, 0.4) is 0 Å². The highest BCUT2D eigenvalue weighted by molar-refractivity contribution is 5.89. The van der Waals surface area contributed by atoms with E-state index in [-0.39, 0.29) is 24.0 Å². The Bertz CT molecular complexity index is 1150. The number of para-hydroxylation sites is 1. The smallest absolute Gasteiger partial charge is 0.319 e. The van der Waals surface area contributed by atoms with Crippen LogP contribution in [0.15, 0.2) is 78.9 Å². The zero-order valence-corrected chi connectivity index (χ0v) is 23.8. The molecule has 2 unspecified atom stereocenters. The normalized spacial score (nSPS) is 22.3. The molecule has 3 N–H and O–H groups in total. The van der Waals surface area contributed by atoms with Crippen LogP contribution in [0.4, 0.5) is 10.5 Å². The summed E-state index contributed by atoms with van der Waals surface area (Å²) in [5.41, 5.74) is 6.57. The number of benzene rings is 3. The monoisotopic (exact) mass is 535 g/mol. The summed E-state index contributed by atoms with van der Waals surface area (Å²) >= 11 is 0. The number of rotatable bonds is 7. The molecule has 4 nitrogen and oxygen atoms in total. The minimum absolute atomic E-state index is 0.0965. The fourth-order valence-corrected chi connectivity index (χ4v) is 7.48. The molecule has 2 amide bonds. The van der Waals surface area contributed by atoms with E-state index < -0.39 is 0 Å². The molecule has 3 aliphatic rings. The fraction of sp³-hybridized carbons (Fsp3) is 0.472. The van der Waals surface area contributed by atoms with Crippen LogP contribution < -0.4 is 16.0 Å². The number of nitrogens with one attached hydrogen (secondary N) is 3. The Balaban J connectivity index is 1.19. The molecule has 3 aromatic carbocycles. The highest BCUT2D eigenvalue weighted by Gasteiger charge is 2.33. The Hall–Kier alpha value is -3.11. The summed E-state index contributed by atoms with van der Waals surface area (Å²) in [5, 5.41) is 9.97. The van der Waals surface area contributed by atoms with Crippen molar-refractivity contribution in [3.05, 3.63) is 101 Å². The van der Waals surface area contributed by atoms with Gasteiger partial charge in [-0.25, -0.2) is 4.79 Å². The summed E-state index contributed by atoms with van der Waals surface area (Å²) < 4.78 is 0. The van der Waals surface area contributed by atoms with Crippen molar-refractivity contribution in [3.8, 4) is 0 Å². The van der Waals surface area contributed by atoms with Crippen molar-refractivity contribution in [1.29, 1.82) is 0 Å². The molecular weight excluding hydrogens is 490 g/mol. The second-order valence-corrected chi connectivity index (χ2v) is 12.4. The summed E-state index contributed by atoms with van der Waals surface area (Å²) in [6.45, 7) is 0.781. The molecule has 210 valence electrons. The first kappa shape index (κ1) is 27.1. The molecular formula is C36H45N3O. The average molecular weight is 536 g/mol. The van der Waals surface area contributed by atoms with Gasteiger partial charge in [0.1, 0.15) is 0 Å². The van der Waals surface area contributed by atoms with Crippen LogP contribution >= 0.6 is 0 Å². The number of anilines is 1. The lowest BCUT2D eigenvalue weighted by molar-refractivity contribution is 0.249. The summed E-state index contributed by atoms with van der Waals surface area (Å²) in [7, 11) is 0. The van der Waals surface area contributed by atoms with Gasteiger partial charge in [-0.1, -0.05) is 105 Å². The second kappa shape index (κ2) is 13.0. The maximum Gasteiger partial charge on any atom is 0.319 e. The van der Waals surface area contributed by atoms with E-state index in [1.807, 2.05) is 30.3 Å². The van der Waals surface area contributed by atoms with E-state index in [0.717, 1.165) is 30.5 Å². The predicted octanol–water partition coefficient (Wildman–Crippen LogP) is 8.47. The summed E-state index contributed by atoms with van der Waals surface area (Å²) in [4.78, 5) is 12.7. The minimum Gasteiger partial charge on any atom is -0.334 e. The van der Waals surface area contributed by atoms with E-state index in [1.54, 1.807) is 0 Å². The van der Waals surface area contributed by atoms with Gasteiger partial charge in [-0.15, -0.1) is 0 Å². The molecule has 0 radical (unpaired) electrons. The highest BCUT2D eigenvalue weighted by atomic mass is 16.2. The van der Waals surface area contributed by atoms with Crippen molar-refractivity contribution >= 4 is 11.7 Å². The Kier molecular flexibility index (Phi) is 8.83. The predicted molar refractivity (Wildman–Crippen MR) is 165 cm³/mol. The molecule has 6 rings (SSSR count). The van der Waals surface area contributed by atoms with E-state index in [4.69, 9.17) is 0 Å². The third-order valence-electron chi connectivity index (χ3n) is 9.68. The first-order valence-corrected chi connectivity index (χ1v) is 15.8. The first-order valence-electron chi connectivity index (χ1n) is 15.8. The number of hydrogen-bond donors (Lipinski definition) is 3. The minimum atomic E-state index is -0.135.